The van der Waals surface area contributed by atoms with Crippen LogP contribution < -0.4 is 0 Å². The standard InChI is InChI=1S/C45H27N3O2/c1-3-9-28(10-4-1)30-15-17-31(18-16-30)43-46-44(48-45(47-43)34-20-23-36-35-13-7-8-14-39(35)49-42(36)27-34)33-21-24-40-38(25-33)37-22-19-32(26-41(37)50-40)29-11-5-2-6-12-29/h1-27H/i2D,5D,6D,11D,12D,19D,21D,22D,24D,25D,26D. The van der Waals surface area contributed by atoms with Crippen molar-refractivity contribution in [2.45, 2.75) is 0 Å². The normalized spacial score (nSPS) is 14.7. The second-order valence-corrected chi connectivity index (χ2v) is 11.6. The molecule has 0 saturated heterocycles. The lowest BCUT2D eigenvalue weighted by Crippen LogP contribution is -2.00. The van der Waals surface area contributed by atoms with Gasteiger partial charge >= 0.3 is 0 Å². The number of para-hydroxylation sites is 1. The van der Waals surface area contributed by atoms with Crippen molar-refractivity contribution in [1.29, 1.82) is 0 Å². The first-order valence-corrected chi connectivity index (χ1v) is 15.7. The molecule has 5 heteroatoms. The zero-order valence-electron chi connectivity index (χ0n) is 36.9. The Balaban J connectivity index is 1.21. The number of rotatable bonds is 5. The van der Waals surface area contributed by atoms with Crippen LogP contribution in [0.15, 0.2) is 172 Å². The molecule has 0 aliphatic heterocycles. The van der Waals surface area contributed by atoms with E-state index in [-0.39, 0.29) is 45.0 Å². The molecular weight excluding hydrogens is 615 g/mol. The van der Waals surface area contributed by atoms with Crippen molar-refractivity contribution in [3.8, 4) is 56.4 Å². The van der Waals surface area contributed by atoms with Gasteiger partial charge in [-0.3, -0.25) is 0 Å². The van der Waals surface area contributed by atoms with Gasteiger partial charge in [-0.25, -0.2) is 15.0 Å². The molecule has 234 valence electrons. The van der Waals surface area contributed by atoms with E-state index in [2.05, 4.69) is 0 Å². The summed E-state index contributed by atoms with van der Waals surface area (Å²) in [5.74, 6) is 0.262. The van der Waals surface area contributed by atoms with Crippen LogP contribution in [-0.2, 0) is 0 Å². The summed E-state index contributed by atoms with van der Waals surface area (Å²) in [5, 5.41) is 1.47. The highest BCUT2D eigenvalue weighted by molar-refractivity contribution is 6.07. The van der Waals surface area contributed by atoms with Crippen LogP contribution in [0.3, 0.4) is 0 Å². The molecule has 0 fully saturated rings. The average Bonchev–Trinajstić information content (AvgIpc) is 3.87. The molecule has 0 amide bonds. The van der Waals surface area contributed by atoms with E-state index in [1.165, 1.54) is 0 Å². The molecule has 0 bridgehead atoms. The summed E-state index contributed by atoms with van der Waals surface area (Å²) in [6.45, 7) is 0. The summed E-state index contributed by atoms with van der Waals surface area (Å²) in [4.78, 5) is 14.4. The number of furan rings is 2. The third-order valence-corrected chi connectivity index (χ3v) is 8.51. The third kappa shape index (κ3) is 4.83. The van der Waals surface area contributed by atoms with Crippen LogP contribution in [0.1, 0.15) is 15.1 Å². The molecule has 0 N–H and O–H groups in total. The molecule has 0 aliphatic rings. The maximum Gasteiger partial charge on any atom is 0.164 e. The van der Waals surface area contributed by atoms with Gasteiger partial charge in [0.2, 0.25) is 0 Å². The molecule has 0 unspecified atom stereocenters. The first kappa shape index (κ1) is 19.2. The van der Waals surface area contributed by atoms with Gasteiger partial charge in [0.25, 0.3) is 0 Å². The van der Waals surface area contributed by atoms with Gasteiger partial charge in [-0.05, 0) is 70.7 Å². The lowest BCUT2D eigenvalue weighted by atomic mass is 10.0. The zero-order valence-corrected chi connectivity index (χ0v) is 25.9. The lowest BCUT2D eigenvalue weighted by Gasteiger charge is -2.09. The molecule has 0 radical (unpaired) electrons. The molecule has 3 aromatic heterocycles. The minimum Gasteiger partial charge on any atom is -0.456 e. The third-order valence-electron chi connectivity index (χ3n) is 8.51. The first-order chi connectivity index (χ1) is 29.3. The van der Waals surface area contributed by atoms with Crippen molar-refractivity contribution >= 4 is 43.9 Å². The molecule has 0 spiro atoms. The molecule has 7 aromatic carbocycles. The Morgan fingerprint density at radius 1 is 0.360 bits per heavy atom. The van der Waals surface area contributed by atoms with Gasteiger partial charge in [0.15, 0.2) is 17.5 Å². The second kappa shape index (κ2) is 11.4. The van der Waals surface area contributed by atoms with E-state index in [1.54, 1.807) is 6.07 Å². The van der Waals surface area contributed by atoms with Crippen molar-refractivity contribution in [1.82, 2.24) is 15.0 Å². The topological polar surface area (TPSA) is 65.0 Å². The quantitative estimate of drug-likeness (QED) is 0.185. The van der Waals surface area contributed by atoms with Crippen LogP contribution in [-0.4, -0.2) is 15.0 Å². The van der Waals surface area contributed by atoms with Crippen molar-refractivity contribution < 1.29 is 23.9 Å². The van der Waals surface area contributed by atoms with Gasteiger partial charge in [0.05, 0.1) is 15.1 Å². The summed E-state index contributed by atoms with van der Waals surface area (Å²) in [6, 6.07) is 24.0. The lowest BCUT2D eigenvalue weighted by molar-refractivity contribution is 0.668. The highest BCUT2D eigenvalue weighted by Crippen LogP contribution is 2.36. The van der Waals surface area contributed by atoms with Crippen LogP contribution in [0.25, 0.3) is 100 Å². The van der Waals surface area contributed by atoms with E-state index >= 15 is 0 Å². The van der Waals surface area contributed by atoms with Gasteiger partial charge < -0.3 is 8.83 Å². The fourth-order valence-corrected chi connectivity index (χ4v) is 6.06. The van der Waals surface area contributed by atoms with Crippen LogP contribution in [0.4, 0.5) is 0 Å². The van der Waals surface area contributed by atoms with Crippen molar-refractivity contribution in [3.63, 3.8) is 0 Å². The first-order valence-electron chi connectivity index (χ1n) is 21.2. The van der Waals surface area contributed by atoms with E-state index in [4.69, 9.17) is 36.1 Å². The van der Waals surface area contributed by atoms with Crippen LogP contribution >= 0.6 is 0 Å². The van der Waals surface area contributed by atoms with Crippen molar-refractivity contribution in [2.24, 2.45) is 0 Å². The van der Waals surface area contributed by atoms with Gasteiger partial charge in [0, 0.05) is 38.2 Å². The molecule has 0 atom stereocenters. The molecule has 0 aliphatic carbocycles. The van der Waals surface area contributed by atoms with Crippen LogP contribution in [0.2, 0.25) is 0 Å². The Morgan fingerprint density at radius 2 is 1.00 bits per heavy atom. The van der Waals surface area contributed by atoms with E-state index in [0.29, 0.717) is 22.3 Å². The van der Waals surface area contributed by atoms with E-state index < -0.39 is 77.6 Å². The van der Waals surface area contributed by atoms with Gasteiger partial charge in [-0.15, -0.1) is 0 Å². The molecule has 3 heterocycles. The molecule has 10 rings (SSSR count). The van der Waals surface area contributed by atoms with Gasteiger partial charge in [-0.2, -0.15) is 0 Å². The Bertz CT molecular complexity index is 3470. The number of aromatic nitrogens is 3. The Morgan fingerprint density at radius 3 is 1.84 bits per heavy atom. The smallest absolute Gasteiger partial charge is 0.164 e. The average molecular weight is 653 g/mol. The molecule has 10 aromatic rings. The Kier molecular flexibility index (Phi) is 4.38. The van der Waals surface area contributed by atoms with Crippen LogP contribution in [0, 0.1) is 0 Å². The summed E-state index contributed by atoms with van der Waals surface area (Å²) < 4.78 is 109. The fraction of sp³-hybridized carbons (Fsp3) is 0. The number of hydrogen-bond donors (Lipinski definition) is 0. The minimum atomic E-state index is -0.683. The number of fused-ring (bicyclic) bond motifs is 6. The zero-order chi connectivity index (χ0) is 42.6. The number of hydrogen-bond acceptors (Lipinski definition) is 5. The van der Waals surface area contributed by atoms with Crippen molar-refractivity contribution in [3.05, 3.63) is 164 Å². The summed E-state index contributed by atoms with van der Waals surface area (Å²) in [5.41, 5.74) is 2.63. The van der Waals surface area contributed by atoms with E-state index in [9.17, 15) is 2.74 Å². The summed E-state index contributed by atoms with van der Waals surface area (Å²) in [7, 11) is 0. The molecule has 5 nitrogen and oxygen atoms in total. The predicted octanol–water partition coefficient (Wildman–Crippen LogP) is 12.0. The minimum absolute atomic E-state index is 0.129. The van der Waals surface area contributed by atoms with E-state index in [0.717, 1.165) is 21.9 Å². The summed E-state index contributed by atoms with van der Waals surface area (Å²) >= 11 is 0. The largest absolute Gasteiger partial charge is 0.456 e. The van der Waals surface area contributed by atoms with Gasteiger partial charge in [-0.1, -0.05) is 115 Å². The molecule has 50 heavy (non-hydrogen) atoms. The highest BCUT2D eigenvalue weighted by Gasteiger charge is 2.17. The van der Waals surface area contributed by atoms with Crippen LogP contribution in [0.5, 0.6) is 0 Å². The maximum absolute atomic E-state index is 9.54. The predicted molar refractivity (Wildman–Crippen MR) is 202 cm³/mol. The van der Waals surface area contributed by atoms with Gasteiger partial charge in [0.1, 0.15) is 22.3 Å². The monoisotopic (exact) mass is 652 g/mol. The SMILES string of the molecule is [2H]c1c([2H])c([2H])c(-c2c([2H])c([2H])c3c(oc4c([2H])c([2H])c(-c5nc(-c6ccc(-c7ccccc7)cc6)nc(-c6ccc7c(c6)oc6ccccc67)n5)c([2H])c43)c2[2H])c([2H])c1[2H]. The molecule has 0 saturated carbocycles. The Hall–Kier alpha value is -6.85. The summed E-state index contributed by atoms with van der Waals surface area (Å²) in [6.07, 6.45) is 0. The number of benzene rings is 7. The second-order valence-electron chi connectivity index (χ2n) is 11.6. The highest BCUT2D eigenvalue weighted by atomic mass is 16.3. The number of nitrogens with zero attached hydrogens (tertiary/aromatic N) is 3. The van der Waals surface area contributed by atoms with Crippen molar-refractivity contribution in [2.75, 3.05) is 0 Å². The fourth-order valence-electron chi connectivity index (χ4n) is 6.06. The van der Waals surface area contributed by atoms with E-state index in [1.807, 2.05) is 91.0 Å². The Labute approximate surface area is 302 Å². The maximum atomic E-state index is 9.54. The molecular formula is C45H27N3O2.